The molecule has 1 rings (SSSR count). The van der Waals surface area contributed by atoms with Crippen LogP contribution in [-0.4, -0.2) is 6.10 Å². The van der Waals surface area contributed by atoms with Crippen molar-refractivity contribution in [3.05, 3.63) is 40.7 Å². The van der Waals surface area contributed by atoms with Crippen molar-refractivity contribution in [3.8, 4) is 12.1 Å². The Morgan fingerprint density at radius 2 is 2.11 bits per heavy atom. The van der Waals surface area contributed by atoms with Crippen molar-refractivity contribution in [1.82, 2.24) is 0 Å². The Hall–Kier alpha value is -2.17. The molecule has 0 heterocycles. The molecule has 19 heavy (non-hydrogen) atoms. The van der Waals surface area contributed by atoms with Gasteiger partial charge in [-0.15, -0.1) is 0 Å². The molecule has 0 aliphatic rings. The maximum Gasteiger partial charge on any atom is 0.130 e. The minimum absolute atomic E-state index is 0.0172. The van der Waals surface area contributed by atoms with E-state index in [0.29, 0.717) is 11.1 Å². The Morgan fingerprint density at radius 1 is 1.42 bits per heavy atom. The lowest BCUT2D eigenvalue weighted by Crippen LogP contribution is -2.07. The predicted molar refractivity (Wildman–Crippen MR) is 70.1 cm³/mol. The topological polar surface area (TPSA) is 56.8 Å². The fourth-order valence-corrected chi connectivity index (χ4v) is 1.44. The van der Waals surface area contributed by atoms with E-state index in [2.05, 4.69) is 0 Å². The molecular weight excluding hydrogens is 243 g/mol. The second-order valence-corrected chi connectivity index (χ2v) is 4.15. The van der Waals surface area contributed by atoms with Crippen LogP contribution < -0.4 is 0 Å². The zero-order valence-electron chi connectivity index (χ0n) is 11.0. The highest BCUT2D eigenvalue weighted by atomic mass is 19.1. The third kappa shape index (κ3) is 4.54. The Bertz CT molecular complexity index is 536. The highest BCUT2D eigenvalue weighted by Gasteiger charge is 2.06. The van der Waals surface area contributed by atoms with E-state index < -0.39 is 0 Å². The lowest BCUT2D eigenvalue weighted by atomic mass is 10.1. The van der Waals surface area contributed by atoms with Gasteiger partial charge in [0.1, 0.15) is 23.5 Å². The molecule has 1 atom stereocenters. The first-order chi connectivity index (χ1) is 9.10. The van der Waals surface area contributed by atoms with E-state index in [1.54, 1.807) is 18.2 Å². The SMILES string of the molecule is CCC(C)OCc1cc(F)ccc1C=C(C#N)C#N. The number of rotatable bonds is 5. The van der Waals surface area contributed by atoms with Crippen LogP contribution in [0.1, 0.15) is 31.4 Å². The highest BCUT2D eigenvalue weighted by Crippen LogP contribution is 2.17. The predicted octanol–water partition coefficient (Wildman–Crippen LogP) is 3.57. The lowest BCUT2D eigenvalue weighted by molar-refractivity contribution is 0.0506. The summed E-state index contributed by atoms with van der Waals surface area (Å²) in [6.07, 6.45) is 2.38. The fourth-order valence-electron chi connectivity index (χ4n) is 1.44. The van der Waals surface area contributed by atoms with Crippen LogP contribution in [0.2, 0.25) is 0 Å². The lowest BCUT2D eigenvalue weighted by Gasteiger charge is -2.12. The molecule has 0 N–H and O–H groups in total. The van der Waals surface area contributed by atoms with Gasteiger partial charge in [0, 0.05) is 0 Å². The van der Waals surface area contributed by atoms with Crippen molar-refractivity contribution in [2.45, 2.75) is 33.0 Å². The van der Waals surface area contributed by atoms with E-state index in [1.165, 1.54) is 18.2 Å². The van der Waals surface area contributed by atoms with E-state index in [4.69, 9.17) is 15.3 Å². The van der Waals surface area contributed by atoms with E-state index in [9.17, 15) is 4.39 Å². The van der Waals surface area contributed by atoms with Gasteiger partial charge in [-0.25, -0.2) is 4.39 Å². The van der Waals surface area contributed by atoms with Crippen LogP contribution in [0.15, 0.2) is 23.8 Å². The number of nitriles is 2. The third-order valence-electron chi connectivity index (χ3n) is 2.74. The molecule has 0 aromatic heterocycles. The van der Waals surface area contributed by atoms with Crippen LogP contribution in [-0.2, 0) is 11.3 Å². The number of nitrogens with zero attached hydrogens (tertiary/aromatic N) is 2. The van der Waals surface area contributed by atoms with Crippen LogP contribution in [0, 0.1) is 28.5 Å². The molecule has 1 aromatic carbocycles. The Morgan fingerprint density at radius 3 is 2.68 bits per heavy atom. The zero-order chi connectivity index (χ0) is 14.3. The second-order valence-electron chi connectivity index (χ2n) is 4.15. The first-order valence-corrected chi connectivity index (χ1v) is 6.02. The van der Waals surface area contributed by atoms with Gasteiger partial charge in [-0.2, -0.15) is 10.5 Å². The van der Waals surface area contributed by atoms with Gasteiger partial charge in [-0.1, -0.05) is 13.0 Å². The smallest absolute Gasteiger partial charge is 0.130 e. The van der Waals surface area contributed by atoms with E-state index in [-0.39, 0.29) is 24.1 Å². The molecule has 3 nitrogen and oxygen atoms in total. The van der Waals surface area contributed by atoms with Gasteiger partial charge >= 0.3 is 0 Å². The maximum absolute atomic E-state index is 13.2. The van der Waals surface area contributed by atoms with Crippen molar-refractivity contribution in [2.75, 3.05) is 0 Å². The number of hydrogen-bond donors (Lipinski definition) is 0. The quantitative estimate of drug-likeness (QED) is 0.758. The number of benzene rings is 1. The normalized spacial score (nSPS) is 11.2. The monoisotopic (exact) mass is 258 g/mol. The van der Waals surface area contributed by atoms with Crippen LogP contribution in [0.5, 0.6) is 0 Å². The van der Waals surface area contributed by atoms with Crippen LogP contribution >= 0.6 is 0 Å². The standard InChI is InChI=1S/C15H15FN2O/c1-3-11(2)19-10-14-7-15(16)5-4-13(14)6-12(8-17)9-18/h4-7,11H,3,10H2,1-2H3. The van der Waals surface area contributed by atoms with Gasteiger partial charge in [0.2, 0.25) is 0 Å². The molecule has 0 radical (unpaired) electrons. The van der Waals surface area contributed by atoms with Gasteiger partial charge in [0.15, 0.2) is 0 Å². The summed E-state index contributed by atoms with van der Waals surface area (Å²) in [7, 11) is 0. The van der Waals surface area contributed by atoms with E-state index in [0.717, 1.165) is 6.42 Å². The summed E-state index contributed by atoms with van der Waals surface area (Å²) in [6, 6.07) is 7.77. The highest BCUT2D eigenvalue weighted by molar-refractivity contribution is 5.64. The largest absolute Gasteiger partial charge is 0.374 e. The Balaban J connectivity index is 3.02. The van der Waals surface area contributed by atoms with E-state index >= 15 is 0 Å². The third-order valence-corrected chi connectivity index (χ3v) is 2.74. The van der Waals surface area contributed by atoms with Gasteiger partial charge in [-0.05, 0) is 42.7 Å². The van der Waals surface area contributed by atoms with Crippen molar-refractivity contribution >= 4 is 6.08 Å². The van der Waals surface area contributed by atoms with Crippen molar-refractivity contribution in [1.29, 1.82) is 10.5 Å². The fraction of sp³-hybridized carbons (Fsp3) is 0.333. The molecule has 1 aromatic rings. The van der Waals surface area contributed by atoms with Crippen molar-refractivity contribution < 1.29 is 9.13 Å². The number of hydrogen-bond acceptors (Lipinski definition) is 3. The average Bonchev–Trinajstić information content (AvgIpc) is 2.43. The molecule has 4 heteroatoms. The van der Waals surface area contributed by atoms with Gasteiger partial charge < -0.3 is 4.74 Å². The van der Waals surface area contributed by atoms with Crippen molar-refractivity contribution in [3.63, 3.8) is 0 Å². The minimum Gasteiger partial charge on any atom is -0.374 e. The molecule has 98 valence electrons. The summed E-state index contributed by atoms with van der Waals surface area (Å²) in [5, 5.41) is 17.5. The second kappa shape index (κ2) is 7.31. The first-order valence-electron chi connectivity index (χ1n) is 6.02. The maximum atomic E-state index is 13.2. The molecule has 0 aliphatic carbocycles. The zero-order valence-corrected chi connectivity index (χ0v) is 11.0. The minimum atomic E-state index is -0.365. The van der Waals surface area contributed by atoms with E-state index in [1.807, 2.05) is 13.8 Å². The Labute approximate surface area is 112 Å². The number of allylic oxidation sites excluding steroid dienone is 1. The van der Waals surface area contributed by atoms with Gasteiger partial charge in [0.25, 0.3) is 0 Å². The molecule has 0 saturated heterocycles. The van der Waals surface area contributed by atoms with Crippen LogP contribution in [0.4, 0.5) is 4.39 Å². The summed E-state index contributed by atoms with van der Waals surface area (Å²) in [6.45, 7) is 4.19. The summed E-state index contributed by atoms with van der Waals surface area (Å²) in [5.41, 5.74) is 1.24. The summed E-state index contributed by atoms with van der Waals surface area (Å²) >= 11 is 0. The molecular formula is C15H15FN2O. The molecule has 0 bridgehead atoms. The van der Waals surface area contributed by atoms with Gasteiger partial charge in [0.05, 0.1) is 12.7 Å². The van der Waals surface area contributed by atoms with Gasteiger partial charge in [-0.3, -0.25) is 0 Å². The molecule has 0 aliphatic heterocycles. The average molecular weight is 258 g/mol. The first kappa shape index (κ1) is 14.9. The number of ether oxygens (including phenoxy) is 1. The molecule has 0 spiro atoms. The molecule has 1 unspecified atom stereocenters. The van der Waals surface area contributed by atoms with Crippen LogP contribution in [0.3, 0.4) is 0 Å². The summed E-state index contributed by atoms with van der Waals surface area (Å²) < 4.78 is 18.8. The number of halogens is 1. The van der Waals surface area contributed by atoms with Crippen LogP contribution in [0.25, 0.3) is 6.08 Å². The Kier molecular flexibility index (Phi) is 5.73. The molecule has 0 amide bonds. The summed E-state index contributed by atoms with van der Waals surface area (Å²) in [4.78, 5) is 0. The molecule has 0 saturated carbocycles. The van der Waals surface area contributed by atoms with Crippen molar-refractivity contribution in [2.24, 2.45) is 0 Å². The molecule has 0 fully saturated rings. The summed E-state index contributed by atoms with van der Waals surface area (Å²) in [5.74, 6) is -0.365.